The summed E-state index contributed by atoms with van der Waals surface area (Å²) in [5, 5.41) is 0. The highest BCUT2D eigenvalue weighted by Crippen LogP contribution is 2.16. The third kappa shape index (κ3) is 2.43. The molecule has 1 aliphatic carbocycles. The number of hydrogen-bond acceptors (Lipinski definition) is 3. The van der Waals surface area contributed by atoms with E-state index >= 15 is 0 Å². The van der Waals surface area contributed by atoms with Crippen molar-refractivity contribution in [3.05, 3.63) is 36.1 Å². The predicted molar refractivity (Wildman–Crippen MR) is 66.8 cm³/mol. The molecule has 1 rings (SSSR count). The SMILES string of the molecule is C=C(C1=CC(=N/C)/C(=N\C)C=C1)N(C)C. The van der Waals surface area contributed by atoms with Crippen LogP contribution < -0.4 is 0 Å². The number of nitrogens with zero attached hydrogens (tertiary/aromatic N) is 3. The molecular formula is C12H17N3. The molecule has 3 heteroatoms. The predicted octanol–water partition coefficient (Wildman–Crippen LogP) is 1.70. The second-order valence-corrected chi connectivity index (χ2v) is 3.49. The molecule has 1 aliphatic rings. The lowest BCUT2D eigenvalue weighted by atomic mass is 10.0. The van der Waals surface area contributed by atoms with Crippen LogP contribution in [0.3, 0.4) is 0 Å². The number of aliphatic imine (C=N–C) groups is 2. The highest BCUT2D eigenvalue weighted by atomic mass is 15.1. The van der Waals surface area contributed by atoms with E-state index in [0.29, 0.717) is 0 Å². The highest BCUT2D eigenvalue weighted by molar-refractivity contribution is 6.51. The van der Waals surface area contributed by atoms with Gasteiger partial charge in [-0.05, 0) is 17.7 Å². The van der Waals surface area contributed by atoms with Crippen molar-refractivity contribution in [2.24, 2.45) is 9.98 Å². The molecule has 0 aromatic heterocycles. The minimum absolute atomic E-state index is 0.901. The molecule has 0 aromatic rings. The molecule has 0 atom stereocenters. The first-order valence-corrected chi connectivity index (χ1v) is 4.80. The maximum absolute atomic E-state index is 4.19. The van der Waals surface area contributed by atoms with E-state index in [1.165, 1.54) is 0 Å². The molecule has 0 aromatic carbocycles. The molecule has 0 saturated heterocycles. The van der Waals surface area contributed by atoms with Crippen molar-refractivity contribution in [1.82, 2.24) is 4.90 Å². The van der Waals surface area contributed by atoms with Gasteiger partial charge in [0.15, 0.2) is 0 Å². The topological polar surface area (TPSA) is 28.0 Å². The van der Waals surface area contributed by atoms with Gasteiger partial charge in [0.2, 0.25) is 0 Å². The van der Waals surface area contributed by atoms with Crippen molar-refractivity contribution in [3.8, 4) is 0 Å². The summed E-state index contributed by atoms with van der Waals surface area (Å²) >= 11 is 0. The Balaban J connectivity index is 3.03. The number of likely N-dealkylation sites (N-methyl/N-ethyl adjacent to an activating group) is 1. The lowest BCUT2D eigenvalue weighted by Crippen LogP contribution is -2.17. The van der Waals surface area contributed by atoms with Gasteiger partial charge in [-0.2, -0.15) is 0 Å². The van der Waals surface area contributed by atoms with Crippen molar-refractivity contribution in [3.63, 3.8) is 0 Å². The van der Waals surface area contributed by atoms with Crippen LogP contribution in [0.4, 0.5) is 0 Å². The van der Waals surface area contributed by atoms with Crippen molar-refractivity contribution in [1.29, 1.82) is 0 Å². The van der Waals surface area contributed by atoms with E-state index < -0.39 is 0 Å². The molecule has 0 fully saturated rings. The van der Waals surface area contributed by atoms with Crippen LogP contribution >= 0.6 is 0 Å². The molecule has 0 radical (unpaired) electrons. The molecule has 0 amide bonds. The fraction of sp³-hybridized carbons (Fsp3) is 0.333. The lowest BCUT2D eigenvalue weighted by Gasteiger charge is -2.19. The zero-order chi connectivity index (χ0) is 11.4. The van der Waals surface area contributed by atoms with Gasteiger partial charge in [-0.25, -0.2) is 0 Å². The number of allylic oxidation sites excluding steroid dienone is 3. The van der Waals surface area contributed by atoms with Crippen LogP contribution in [-0.4, -0.2) is 44.5 Å². The van der Waals surface area contributed by atoms with Gasteiger partial charge in [0.25, 0.3) is 0 Å². The second-order valence-electron chi connectivity index (χ2n) is 3.49. The van der Waals surface area contributed by atoms with Crippen LogP contribution in [0.2, 0.25) is 0 Å². The van der Waals surface area contributed by atoms with E-state index in [1.54, 1.807) is 14.1 Å². The average molecular weight is 203 g/mol. The van der Waals surface area contributed by atoms with Gasteiger partial charge in [-0.15, -0.1) is 0 Å². The zero-order valence-electron chi connectivity index (χ0n) is 9.78. The Kier molecular flexibility index (Phi) is 3.61. The van der Waals surface area contributed by atoms with Gasteiger partial charge < -0.3 is 4.90 Å². The molecule has 0 aliphatic heterocycles. The second kappa shape index (κ2) is 4.73. The summed E-state index contributed by atoms with van der Waals surface area (Å²) in [5.41, 5.74) is 3.86. The summed E-state index contributed by atoms with van der Waals surface area (Å²) < 4.78 is 0. The van der Waals surface area contributed by atoms with E-state index in [4.69, 9.17) is 0 Å². The number of hydrogen-bond donors (Lipinski definition) is 0. The molecule has 0 heterocycles. The minimum atomic E-state index is 0.901. The summed E-state index contributed by atoms with van der Waals surface area (Å²) in [5.74, 6) is 0. The van der Waals surface area contributed by atoms with Crippen molar-refractivity contribution in [2.75, 3.05) is 28.2 Å². The van der Waals surface area contributed by atoms with Gasteiger partial charge in [0.05, 0.1) is 11.4 Å². The van der Waals surface area contributed by atoms with Gasteiger partial charge in [0, 0.05) is 33.9 Å². The lowest BCUT2D eigenvalue weighted by molar-refractivity contribution is 0.527. The quantitative estimate of drug-likeness (QED) is 0.628. The molecule has 15 heavy (non-hydrogen) atoms. The van der Waals surface area contributed by atoms with Gasteiger partial charge in [-0.3, -0.25) is 9.98 Å². The molecule has 0 unspecified atom stereocenters. The Hall–Kier alpha value is -1.64. The zero-order valence-corrected chi connectivity index (χ0v) is 9.78. The summed E-state index contributed by atoms with van der Waals surface area (Å²) in [4.78, 5) is 10.3. The Labute approximate surface area is 91.2 Å². The summed E-state index contributed by atoms with van der Waals surface area (Å²) in [6, 6.07) is 0. The average Bonchev–Trinajstić information content (AvgIpc) is 2.26. The maximum atomic E-state index is 4.19. The molecule has 0 bridgehead atoms. The van der Waals surface area contributed by atoms with Crippen LogP contribution in [0.25, 0.3) is 0 Å². The first-order chi connectivity index (χ1) is 7.10. The Morgan fingerprint density at radius 1 is 1.13 bits per heavy atom. The first kappa shape index (κ1) is 11.4. The third-order valence-corrected chi connectivity index (χ3v) is 2.33. The molecule has 3 nitrogen and oxygen atoms in total. The van der Waals surface area contributed by atoms with E-state index in [-0.39, 0.29) is 0 Å². The Morgan fingerprint density at radius 2 is 1.73 bits per heavy atom. The van der Waals surface area contributed by atoms with Crippen molar-refractivity contribution in [2.45, 2.75) is 0 Å². The van der Waals surface area contributed by atoms with E-state index in [2.05, 4.69) is 16.6 Å². The highest BCUT2D eigenvalue weighted by Gasteiger charge is 2.11. The van der Waals surface area contributed by atoms with E-state index in [9.17, 15) is 0 Å². The summed E-state index contributed by atoms with van der Waals surface area (Å²) in [6.45, 7) is 4.01. The van der Waals surface area contributed by atoms with Gasteiger partial charge in [-0.1, -0.05) is 12.7 Å². The smallest absolute Gasteiger partial charge is 0.0829 e. The van der Waals surface area contributed by atoms with Crippen LogP contribution in [0.5, 0.6) is 0 Å². The largest absolute Gasteiger partial charge is 0.378 e. The van der Waals surface area contributed by atoms with Gasteiger partial charge >= 0.3 is 0 Å². The van der Waals surface area contributed by atoms with Crippen LogP contribution in [0.1, 0.15) is 0 Å². The molecule has 0 spiro atoms. The fourth-order valence-electron chi connectivity index (χ4n) is 1.33. The fourth-order valence-corrected chi connectivity index (χ4v) is 1.33. The van der Waals surface area contributed by atoms with Crippen LogP contribution in [0.15, 0.2) is 46.1 Å². The van der Waals surface area contributed by atoms with Crippen LogP contribution in [0, 0.1) is 0 Å². The normalized spacial score (nSPS) is 20.7. The van der Waals surface area contributed by atoms with E-state index in [1.807, 2.05) is 37.2 Å². The Bertz CT molecular complexity index is 382. The molecular weight excluding hydrogens is 186 g/mol. The van der Waals surface area contributed by atoms with Crippen molar-refractivity contribution < 1.29 is 0 Å². The monoisotopic (exact) mass is 203 g/mol. The summed E-state index contributed by atoms with van der Waals surface area (Å²) in [7, 11) is 7.49. The molecule has 0 saturated carbocycles. The Morgan fingerprint density at radius 3 is 2.20 bits per heavy atom. The molecule has 0 N–H and O–H groups in total. The standard InChI is InChI=1S/C12H17N3/c1-9(15(4)5)10-6-7-11(13-2)12(8-10)14-3/h6-8H,1H2,2-5H3/b13-11-,14-12-. The van der Waals surface area contributed by atoms with Crippen molar-refractivity contribution >= 4 is 11.4 Å². The third-order valence-electron chi connectivity index (χ3n) is 2.33. The van der Waals surface area contributed by atoms with E-state index in [0.717, 1.165) is 22.7 Å². The number of rotatable bonds is 2. The van der Waals surface area contributed by atoms with Gasteiger partial charge in [0.1, 0.15) is 0 Å². The van der Waals surface area contributed by atoms with Crippen LogP contribution in [-0.2, 0) is 0 Å². The summed E-state index contributed by atoms with van der Waals surface area (Å²) in [6.07, 6.45) is 5.98. The minimum Gasteiger partial charge on any atom is -0.378 e. The molecule has 80 valence electrons. The first-order valence-electron chi connectivity index (χ1n) is 4.80. The maximum Gasteiger partial charge on any atom is 0.0829 e.